The first-order valence-electron chi connectivity index (χ1n) is 7.16. The van der Waals surface area contributed by atoms with Crippen molar-refractivity contribution in [2.24, 2.45) is 0 Å². The van der Waals surface area contributed by atoms with Gasteiger partial charge in [-0.1, -0.05) is 18.2 Å². The summed E-state index contributed by atoms with van der Waals surface area (Å²) >= 11 is 1.59. The summed E-state index contributed by atoms with van der Waals surface area (Å²) in [7, 11) is 0. The maximum absolute atomic E-state index is 12.4. The third-order valence-electron chi connectivity index (χ3n) is 3.61. The van der Waals surface area contributed by atoms with Crippen LogP contribution in [-0.2, 0) is 11.3 Å². The first-order chi connectivity index (χ1) is 10.7. The number of anilines is 1. The van der Waals surface area contributed by atoms with Gasteiger partial charge in [-0.25, -0.2) is 4.79 Å². The average Bonchev–Trinajstić information content (AvgIpc) is 3.17. The normalized spacial score (nSPS) is 17.5. The minimum absolute atomic E-state index is 0.0584. The average molecular weight is 315 g/mol. The van der Waals surface area contributed by atoms with Gasteiger partial charge in [0.2, 0.25) is 5.91 Å². The molecule has 0 saturated carbocycles. The SMILES string of the molecule is O=C(NCc1ccsc1)NC1CCN(c2ccccc2)C1=O. The summed E-state index contributed by atoms with van der Waals surface area (Å²) in [5.74, 6) is -0.0584. The van der Waals surface area contributed by atoms with Crippen molar-refractivity contribution >= 4 is 29.0 Å². The molecule has 2 N–H and O–H groups in total. The molecular formula is C16H17N3O2S. The first kappa shape index (κ1) is 14.6. The molecule has 1 atom stereocenters. The lowest BCUT2D eigenvalue weighted by Gasteiger charge is -2.17. The minimum atomic E-state index is -0.456. The van der Waals surface area contributed by atoms with E-state index in [2.05, 4.69) is 10.6 Å². The highest BCUT2D eigenvalue weighted by molar-refractivity contribution is 7.07. The Labute approximate surface area is 132 Å². The van der Waals surface area contributed by atoms with Crippen LogP contribution in [0.25, 0.3) is 0 Å². The van der Waals surface area contributed by atoms with Gasteiger partial charge in [0, 0.05) is 18.8 Å². The molecule has 0 bridgehead atoms. The van der Waals surface area contributed by atoms with Crippen molar-refractivity contribution in [2.45, 2.75) is 19.0 Å². The molecule has 22 heavy (non-hydrogen) atoms. The fourth-order valence-electron chi connectivity index (χ4n) is 2.46. The molecule has 1 aromatic carbocycles. The number of nitrogens with one attached hydrogen (secondary N) is 2. The molecule has 114 valence electrons. The molecule has 5 nitrogen and oxygen atoms in total. The Hall–Kier alpha value is -2.34. The molecule has 1 unspecified atom stereocenters. The number of para-hydroxylation sites is 1. The Morgan fingerprint density at radius 2 is 2.09 bits per heavy atom. The molecule has 3 rings (SSSR count). The van der Waals surface area contributed by atoms with E-state index in [0.717, 1.165) is 11.3 Å². The lowest BCUT2D eigenvalue weighted by atomic mass is 10.2. The lowest BCUT2D eigenvalue weighted by Crippen LogP contribution is -2.45. The second-order valence-electron chi connectivity index (χ2n) is 5.13. The highest BCUT2D eigenvalue weighted by atomic mass is 32.1. The van der Waals surface area contributed by atoms with E-state index in [-0.39, 0.29) is 11.9 Å². The highest BCUT2D eigenvalue weighted by Gasteiger charge is 2.33. The lowest BCUT2D eigenvalue weighted by molar-refractivity contribution is -0.118. The largest absolute Gasteiger partial charge is 0.334 e. The van der Waals surface area contributed by atoms with Gasteiger partial charge in [-0.05, 0) is 40.9 Å². The van der Waals surface area contributed by atoms with Crippen LogP contribution >= 0.6 is 11.3 Å². The molecule has 0 aliphatic carbocycles. The summed E-state index contributed by atoms with van der Waals surface area (Å²) < 4.78 is 0. The standard InChI is InChI=1S/C16H17N3O2S/c20-15-14(6-8-19(15)13-4-2-1-3-5-13)18-16(21)17-10-12-7-9-22-11-12/h1-5,7,9,11,14H,6,8,10H2,(H2,17,18,21). The van der Waals surface area contributed by atoms with Gasteiger partial charge in [-0.15, -0.1) is 0 Å². The number of carbonyl (C=O) groups is 2. The van der Waals surface area contributed by atoms with Crippen molar-refractivity contribution in [3.63, 3.8) is 0 Å². The molecule has 6 heteroatoms. The predicted molar refractivity (Wildman–Crippen MR) is 86.9 cm³/mol. The van der Waals surface area contributed by atoms with Crippen LogP contribution in [0.15, 0.2) is 47.2 Å². The molecule has 1 aliphatic heterocycles. The van der Waals surface area contributed by atoms with Gasteiger partial charge < -0.3 is 15.5 Å². The van der Waals surface area contributed by atoms with E-state index < -0.39 is 6.04 Å². The molecule has 1 aliphatic rings. The van der Waals surface area contributed by atoms with Crippen molar-refractivity contribution < 1.29 is 9.59 Å². The molecular weight excluding hydrogens is 298 g/mol. The fourth-order valence-corrected chi connectivity index (χ4v) is 3.13. The van der Waals surface area contributed by atoms with Gasteiger partial charge >= 0.3 is 6.03 Å². The molecule has 1 saturated heterocycles. The van der Waals surface area contributed by atoms with Crippen LogP contribution in [0.4, 0.5) is 10.5 Å². The zero-order valence-corrected chi connectivity index (χ0v) is 12.8. The summed E-state index contributed by atoms with van der Waals surface area (Å²) in [5.41, 5.74) is 1.93. The summed E-state index contributed by atoms with van der Waals surface area (Å²) in [6.07, 6.45) is 0.625. The van der Waals surface area contributed by atoms with Gasteiger partial charge in [0.05, 0.1) is 0 Å². The van der Waals surface area contributed by atoms with Crippen molar-refractivity contribution in [3.05, 3.63) is 52.7 Å². The van der Waals surface area contributed by atoms with E-state index in [1.807, 2.05) is 47.2 Å². The Kier molecular flexibility index (Phi) is 4.39. The Bertz CT molecular complexity index is 643. The van der Waals surface area contributed by atoms with Crippen LogP contribution in [0.2, 0.25) is 0 Å². The van der Waals surface area contributed by atoms with E-state index in [9.17, 15) is 9.59 Å². The van der Waals surface area contributed by atoms with Gasteiger partial charge in [-0.3, -0.25) is 4.79 Å². The van der Waals surface area contributed by atoms with Gasteiger partial charge in [0.15, 0.2) is 0 Å². The van der Waals surface area contributed by atoms with E-state index in [1.165, 1.54) is 0 Å². The van der Waals surface area contributed by atoms with E-state index in [4.69, 9.17) is 0 Å². The third-order valence-corrected chi connectivity index (χ3v) is 4.34. The Balaban J connectivity index is 1.53. The molecule has 3 amide bonds. The van der Waals surface area contributed by atoms with E-state index in [0.29, 0.717) is 19.5 Å². The van der Waals surface area contributed by atoms with Crippen molar-refractivity contribution in [1.29, 1.82) is 0 Å². The number of carbonyl (C=O) groups excluding carboxylic acids is 2. The molecule has 1 fully saturated rings. The smallest absolute Gasteiger partial charge is 0.315 e. The van der Waals surface area contributed by atoms with E-state index in [1.54, 1.807) is 16.2 Å². The number of hydrogen-bond donors (Lipinski definition) is 2. The summed E-state index contributed by atoms with van der Waals surface area (Å²) in [6, 6.07) is 10.7. The van der Waals surface area contributed by atoms with Crippen molar-refractivity contribution in [2.75, 3.05) is 11.4 Å². The highest BCUT2D eigenvalue weighted by Crippen LogP contribution is 2.20. The quantitative estimate of drug-likeness (QED) is 0.910. The van der Waals surface area contributed by atoms with Crippen molar-refractivity contribution in [3.8, 4) is 0 Å². The topological polar surface area (TPSA) is 61.4 Å². The molecule has 0 radical (unpaired) electrons. The number of benzene rings is 1. The number of urea groups is 1. The number of rotatable bonds is 4. The molecule has 2 aromatic rings. The van der Waals surface area contributed by atoms with Crippen LogP contribution in [0.3, 0.4) is 0 Å². The maximum Gasteiger partial charge on any atom is 0.315 e. The second-order valence-corrected chi connectivity index (χ2v) is 5.91. The third kappa shape index (κ3) is 3.28. The predicted octanol–water partition coefficient (Wildman–Crippen LogP) is 2.35. The van der Waals surface area contributed by atoms with Crippen LogP contribution < -0.4 is 15.5 Å². The summed E-state index contributed by atoms with van der Waals surface area (Å²) in [5, 5.41) is 9.48. The molecule has 2 heterocycles. The fraction of sp³-hybridized carbons (Fsp3) is 0.250. The first-order valence-corrected chi connectivity index (χ1v) is 8.10. The molecule has 0 spiro atoms. The number of hydrogen-bond acceptors (Lipinski definition) is 3. The minimum Gasteiger partial charge on any atom is -0.334 e. The Morgan fingerprint density at radius 1 is 1.27 bits per heavy atom. The zero-order chi connectivity index (χ0) is 15.4. The van der Waals surface area contributed by atoms with Crippen LogP contribution in [0.1, 0.15) is 12.0 Å². The number of amides is 3. The monoisotopic (exact) mass is 315 g/mol. The summed E-state index contributed by atoms with van der Waals surface area (Å²) in [6.45, 7) is 1.09. The zero-order valence-electron chi connectivity index (χ0n) is 12.0. The Morgan fingerprint density at radius 3 is 2.82 bits per heavy atom. The number of thiophene rings is 1. The van der Waals surface area contributed by atoms with E-state index >= 15 is 0 Å². The second kappa shape index (κ2) is 6.62. The summed E-state index contributed by atoms with van der Waals surface area (Å²) in [4.78, 5) is 26.0. The van der Waals surface area contributed by atoms with Crippen molar-refractivity contribution in [1.82, 2.24) is 10.6 Å². The van der Waals surface area contributed by atoms with Crippen LogP contribution in [0, 0.1) is 0 Å². The van der Waals surface area contributed by atoms with Gasteiger partial charge in [0.1, 0.15) is 6.04 Å². The van der Waals surface area contributed by atoms with Crippen LogP contribution in [0.5, 0.6) is 0 Å². The van der Waals surface area contributed by atoms with Gasteiger partial charge in [-0.2, -0.15) is 11.3 Å². The number of nitrogens with zero attached hydrogens (tertiary/aromatic N) is 1. The van der Waals surface area contributed by atoms with Crippen LogP contribution in [-0.4, -0.2) is 24.5 Å². The van der Waals surface area contributed by atoms with Gasteiger partial charge in [0.25, 0.3) is 0 Å². The molecule has 1 aromatic heterocycles. The maximum atomic E-state index is 12.4.